The molecule has 0 rings (SSSR count). The summed E-state index contributed by atoms with van der Waals surface area (Å²) in [7, 11) is 0. The quantitative estimate of drug-likeness (QED) is 0.593. The van der Waals surface area contributed by atoms with Gasteiger partial charge >= 0.3 is 0 Å². The van der Waals surface area contributed by atoms with Gasteiger partial charge in [0, 0.05) is 5.70 Å². The highest BCUT2D eigenvalue weighted by Gasteiger charge is 1.74. The molecule has 0 heterocycles. The third kappa shape index (κ3) is 10.1. The van der Waals surface area contributed by atoms with Crippen molar-refractivity contribution in [3.8, 4) is 0 Å². The fourth-order valence-corrected chi connectivity index (χ4v) is 0.386. The maximum Gasteiger partial charge on any atom is 0.0114 e. The molecule has 0 spiro atoms. The molecule has 0 aromatic heterocycles. The Morgan fingerprint density at radius 3 is 2.10 bits per heavy atom. The molecule has 0 atom stereocenters. The number of nitrogens with one attached hydrogen (secondary N) is 1. The van der Waals surface area contributed by atoms with Crippen molar-refractivity contribution in [1.82, 2.24) is 5.32 Å². The number of hydrogen-bond donors (Lipinski definition) is 1. The molecular formula is C9H17N. The molecular weight excluding hydrogens is 122 g/mol. The van der Waals surface area contributed by atoms with Crippen LogP contribution in [0, 0.1) is 0 Å². The largest absolute Gasteiger partial charge is 0.366 e. The van der Waals surface area contributed by atoms with Gasteiger partial charge in [0.25, 0.3) is 0 Å². The van der Waals surface area contributed by atoms with E-state index in [-0.39, 0.29) is 0 Å². The first-order valence-corrected chi connectivity index (χ1v) is 3.48. The highest BCUT2D eigenvalue weighted by Crippen LogP contribution is 1.83. The van der Waals surface area contributed by atoms with Crippen LogP contribution in [0.3, 0.4) is 0 Å². The second-order valence-corrected chi connectivity index (χ2v) is 1.43. The van der Waals surface area contributed by atoms with Crippen LogP contribution in [0.5, 0.6) is 0 Å². The first kappa shape index (κ1) is 11.8. The molecule has 0 aliphatic rings. The first-order valence-electron chi connectivity index (χ1n) is 3.48. The van der Waals surface area contributed by atoms with E-state index in [2.05, 4.69) is 18.5 Å². The predicted octanol–water partition coefficient (Wildman–Crippen LogP) is 2.84. The van der Waals surface area contributed by atoms with Gasteiger partial charge in [-0.2, -0.15) is 0 Å². The first-order chi connectivity index (χ1) is 4.81. The van der Waals surface area contributed by atoms with Gasteiger partial charge in [0.05, 0.1) is 0 Å². The van der Waals surface area contributed by atoms with E-state index in [1.165, 1.54) is 0 Å². The smallest absolute Gasteiger partial charge is 0.0114 e. The van der Waals surface area contributed by atoms with E-state index in [0.29, 0.717) is 0 Å². The Kier molecular flexibility index (Phi) is 12.8. The van der Waals surface area contributed by atoms with Gasteiger partial charge in [-0.25, -0.2) is 0 Å². The Labute approximate surface area is 64.1 Å². The summed E-state index contributed by atoms with van der Waals surface area (Å²) in [6.45, 7) is 13.0. The summed E-state index contributed by atoms with van der Waals surface area (Å²) in [5.74, 6) is 0. The van der Waals surface area contributed by atoms with Crippen LogP contribution in [0.4, 0.5) is 0 Å². The summed E-state index contributed by atoms with van der Waals surface area (Å²) in [6.07, 6.45) is 5.24. The fraction of sp³-hybridized carbons (Fsp3) is 0.333. The van der Waals surface area contributed by atoms with Crippen molar-refractivity contribution in [2.75, 3.05) is 0 Å². The molecule has 0 aliphatic carbocycles. The Morgan fingerprint density at radius 2 is 1.80 bits per heavy atom. The molecule has 0 fully saturated rings. The molecule has 1 N–H and O–H groups in total. The molecule has 0 aromatic carbocycles. The number of hydrogen-bond acceptors (Lipinski definition) is 1. The number of allylic oxidation sites excluding steroid dienone is 3. The molecule has 0 unspecified atom stereocenters. The third-order valence-electron chi connectivity index (χ3n) is 0.698. The van der Waals surface area contributed by atoms with Crippen LogP contribution in [0.15, 0.2) is 37.2 Å². The van der Waals surface area contributed by atoms with Crippen molar-refractivity contribution < 1.29 is 0 Å². The molecule has 1 nitrogen and oxygen atoms in total. The lowest BCUT2D eigenvalue weighted by Crippen LogP contribution is -1.98. The van der Waals surface area contributed by atoms with Gasteiger partial charge in [-0.1, -0.05) is 33.1 Å². The zero-order valence-corrected chi connectivity index (χ0v) is 7.15. The van der Waals surface area contributed by atoms with Gasteiger partial charge < -0.3 is 5.32 Å². The number of rotatable bonds is 3. The summed E-state index contributed by atoms with van der Waals surface area (Å²) < 4.78 is 0. The van der Waals surface area contributed by atoms with Crippen LogP contribution >= 0.6 is 0 Å². The normalized spacial score (nSPS) is 8.90. The van der Waals surface area contributed by atoms with Gasteiger partial charge in [-0.05, 0) is 19.2 Å². The zero-order valence-electron chi connectivity index (χ0n) is 7.15. The molecule has 0 saturated heterocycles. The summed E-state index contributed by atoms with van der Waals surface area (Å²) in [6, 6.07) is 0. The molecule has 0 aromatic rings. The average molecular weight is 139 g/mol. The lowest BCUT2D eigenvalue weighted by molar-refractivity contribution is 1.06. The summed E-state index contributed by atoms with van der Waals surface area (Å²) in [4.78, 5) is 0. The topological polar surface area (TPSA) is 12.0 Å². The Morgan fingerprint density at radius 1 is 1.30 bits per heavy atom. The third-order valence-corrected chi connectivity index (χ3v) is 0.698. The molecule has 10 heavy (non-hydrogen) atoms. The van der Waals surface area contributed by atoms with Crippen LogP contribution in [0.25, 0.3) is 0 Å². The monoisotopic (exact) mass is 139 g/mol. The van der Waals surface area contributed by atoms with E-state index in [4.69, 9.17) is 0 Å². The highest BCUT2D eigenvalue weighted by molar-refractivity contribution is 5.07. The molecule has 0 radical (unpaired) electrons. The van der Waals surface area contributed by atoms with Crippen molar-refractivity contribution in [3.05, 3.63) is 37.2 Å². The van der Waals surface area contributed by atoms with Crippen LogP contribution < -0.4 is 5.32 Å². The van der Waals surface area contributed by atoms with Crippen molar-refractivity contribution >= 4 is 0 Å². The molecule has 0 aliphatic heterocycles. The van der Waals surface area contributed by atoms with Crippen LogP contribution in [-0.2, 0) is 0 Å². The molecule has 0 bridgehead atoms. The van der Waals surface area contributed by atoms with E-state index in [9.17, 15) is 0 Å². The van der Waals surface area contributed by atoms with Gasteiger partial charge in [-0.15, -0.1) is 0 Å². The van der Waals surface area contributed by atoms with E-state index in [1.54, 1.807) is 12.3 Å². The summed E-state index contributed by atoms with van der Waals surface area (Å²) >= 11 is 0. The Bertz CT molecular complexity index is 112. The van der Waals surface area contributed by atoms with E-state index >= 15 is 0 Å². The second-order valence-electron chi connectivity index (χ2n) is 1.43. The Hall–Kier alpha value is -0.980. The van der Waals surface area contributed by atoms with Crippen LogP contribution in [0.2, 0.25) is 0 Å². The van der Waals surface area contributed by atoms with Crippen molar-refractivity contribution in [3.63, 3.8) is 0 Å². The Balaban J connectivity index is 0. The minimum atomic E-state index is 1.05. The minimum absolute atomic E-state index is 1.05. The van der Waals surface area contributed by atoms with Gasteiger partial charge in [0.15, 0.2) is 0 Å². The maximum absolute atomic E-state index is 3.53. The van der Waals surface area contributed by atoms with E-state index in [0.717, 1.165) is 5.70 Å². The summed E-state index contributed by atoms with van der Waals surface area (Å²) in [5.41, 5.74) is 1.05. The zero-order chi connectivity index (χ0) is 8.41. The standard InChI is InChI=1S/C7H11N.C2H6/c1-4-6-7(3)8-5-2;1-2/h4-6,8H,1-2H2,3H3;1-2H3/b7-6+;. The van der Waals surface area contributed by atoms with Crippen molar-refractivity contribution in [2.45, 2.75) is 20.8 Å². The fourth-order valence-electron chi connectivity index (χ4n) is 0.386. The maximum atomic E-state index is 3.53. The van der Waals surface area contributed by atoms with Crippen molar-refractivity contribution in [2.24, 2.45) is 0 Å². The molecule has 0 saturated carbocycles. The predicted molar refractivity (Wildman–Crippen MR) is 48.6 cm³/mol. The van der Waals surface area contributed by atoms with Crippen LogP contribution in [-0.4, -0.2) is 0 Å². The summed E-state index contributed by atoms with van der Waals surface area (Å²) in [5, 5.41) is 2.90. The SMILES string of the molecule is C=C/C=C(\C)NC=C.CC. The van der Waals surface area contributed by atoms with E-state index < -0.39 is 0 Å². The molecule has 0 amide bonds. The second kappa shape index (κ2) is 10.9. The molecule has 58 valence electrons. The van der Waals surface area contributed by atoms with Gasteiger partial charge in [0.2, 0.25) is 0 Å². The van der Waals surface area contributed by atoms with Gasteiger partial charge in [0.1, 0.15) is 0 Å². The van der Waals surface area contributed by atoms with Gasteiger partial charge in [-0.3, -0.25) is 0 Å². The van der Waals surface area contributed by atoms with Crippen molar-refractivity contribution in [1.29, 1.82) is 0 Å². The van der Waals surface area contributed by atoms with Crippen LogP contribution in [0.1, 0.15) is 20.8 Å². The lowest BCUT2D eigenvalue weighted by atomic mass is 10.4. The average Bonchev–Trinajstić information content (AvgIpc) is 1.93. The lowest BCUT2D eigenvalue weighted by Gasteiger charge is -1.94. The molecule has 1 heteroatoms. The minimum Gasteiger partial charge on any atom is -0.366 e. The van der Waals surface area contributed by atoms with E-state index in [1.807, 2.05) is 26.8 Å². The highest BCUT2D eigenvalue weighted by atomic mass is 14.8.